The van der Waals surface area contributed by atoms with Crippen LogP contribution in [0.3, 0.4) is 0 Å². The molecule has 0 saturated heterocycles. The number of carbonyl (C=O) groups excluding carboxylic acids is 1. The molecule has 19 heavy (non-hydrogen) atoms. The highest BCUT2D eigenvalue weighted by Gasteiger charge is 2.42. The van der Waals surface area contributed by atoms with E-state index in [1.165, 1.54) is 12.1 Å². The summed E-state index contributed by atoms with van der Waals surface area (Å²) in [5.74, 6) is -1.53. The molecule has 1 aromatic rings. The quantitative estimate of drug-likeness (QED) is 0.794. The van der Waals surface area contributed by atoms with Gasteiger partial charge in [0.2, 0.25) is 0 Å². The van der Waals surface area contributed by atoms with E-state index in [0.717, 1.165) is 12.8 Å². The number of aliphatic carboxylic acids is 1. The lowest BCUT2D eigenvalue weighted by atomic mass is 9.97. The van der Waals surface area contributed by atoms with Crippen molar-refractivity contribution in [1.29, 1.82) is 0 Å². The Morgan fingerprint density at radius 2 is 1.89 bits per heavy atom. The molecule has 0 aliphatic heterocycles. The molecule has 102 valence electrons. The van der Waals surface area contributed by atoms with Crippen molar-refractivity contribution in [1.82, 2.24) is 5.32 Å². The van der Waals surface area contributed by atoms with Gasteiger partial charge in [0, 0.05) is 5.56 Å². The number of phenols is 1. The summed E-state index contributed by atoms with van der Waals surface area (Å²) in [7, 11) is 0. The van der Waals surface area contributed by atoms with Crippen LogP contribution in [0.15, 0.2) is 22.7 Å². The highest BCUT2D eigenvalue weighted by Crippen LogP contribution is 2.31. The summed E-state index contributed by atoms with van der Waals surface area (Å²) >= 11 is 3.12. The maximum absolute atomic E-state index is 12.1. The molecule has 0 bridgehead atoms. The molecule has 3 N–H and O–H groups in total. The number of hydrogen-bond acceptors (Lipinski definition) is 3. The zero-order valence-corrected chi connectivity index (χ0v) is 11.7. The average Bonchev–Trinajstić information content (AvgIpc) is 2.82. The van der Waals surface area contributed by atoms with E-state index < -0.39 is 17.4 Å². The second-order valence-corrected chi connectivity index (χ2v) is 5.57. The molecule has 1 amide bonds. The fourth-order valence-electron chi connectivity index (χ4n) is 2.31. The summed E-state index contributed by atoms with van der Waals surface area (Å²) in [6, 6.07) is 4.39. The molecule has 1 saturated carbocycles. The summed E-state index contributed by atoms with van der Waals surface area (Å²) in [5, 5.41) is 21.4. The van der Waals surface area contributed by atoms with E-state index in [1.807, 2.05) is 0 Å². The summed E-state index contributed by atoms with van der Waals surface area (Å²) in [6.07, 6.45) is 2.46. The zero-order valence-electron chi connectivity index (χ0n) is 10.1. The largest absolute Gasteiger partial charge is 0.507 e. The first-order chi connectivity index (χ1) is 8.94. The first kappa shape index (κ1) is 13.9. The van der Waals surface area contributed by atoms with E-state index in [1.54, 1.807) is 6.07 Å². The van der Waals surface area contributed by atoms with E-state index >= 15 is 0 Å². The van der Waals surface area contributed by atoms with Crippen LogP contribution in [0, 0.1) is 0 Å². The average molecular weight is 328 g/mol. The van der Waals surface area contributed by atoms with Gasteiger partial charge in [-0.1, -0.05) is 12.8 Å². The van der Waals surface area contributed by atoms with Crippen LogP contribution in [0.2, 0.25) is 0 Å². The van der Waals surface area contributed by atoms with Crippen LogP contribution in [-0.2, 0) is 4.79 Å². The molecular weight excluding hydrogens is 314 g/mol. The number of benzene rings is 1. The van der Waals surface area contributed by atoms with Gasteiger partial charge in [-0.25, -0.2) is 4.79 Å². The van der Waals surface area contributed by atoms with Crippen LogP contribution >= 0.6 is 15.9 Å². The van der Waals surface area contributed by atoms with Gasteiger partial charge in [-0.3, -0.25) is 4.79 Å². The molecule has 2 rings (SSSR count). The number of nitrogens with one attached hydrogen (secondary N) is 1. The third-order valence-corrected chi connectivity index (χ3v) is 4.10. The monoisotopic (exact) mass is 327 g/mol. The van der Waals surface area contributed by atoms with Crippen molar-refractivity contribution in [2.24, 2.45) is 0 Å². The van der Waals surface area contributed by atoms with Gasteiger partial charge in [-0.05, 0) is 47.0 Å². The van der Waals surface area contributed by atoms with Crippen molar-refractivity contribution in [2.45, 2.75) is 31.2 Å². The molecule has 0 radical (unpaired) electrons. The lowest BCUT2D eigenvalue weighted by Crippen LogP contribution is -2.52. The van der Waals surface area contributed by atoms with Gasteiger partial charge in [-0.2, -0.15) is 0 Å². The molecule has 0 spiro atoms. The summed E-state index contributed by atoms with van der Waals surface area (Å²) in [5.41, 5.74) is -0.923. The zero-order chi connectivity index (χ0) is 14.0. The van der Waals surface area contributed by atoms with E-state index in [0.29, 0.717) is 17.3 Å². The summed E-state index contributed by atoms with van der Waals surface area (Å²) < 4.78 is 0.484. The fraction of sp³-hybridized carbons (Fsp3) is 0.385. The number of halogens is 1. The van der Waals surface area contributed by atoms with Crippen molar-refractivity contribution >= 4 is 27.8 Å². The summed E-state index contributed by atoms with van der Waals surface area (Å²) in [4.78, 5) is 23.4. The van der Waals surface area contributed by atoms with Crippen LogP contribution in [0.1, 0.15) is 36.0 Å². The van der Waals surface area contributed by atoms with E-state index in [-0.39, 0.29) is 11.3 Å². The molecule has 0 atom stereocenters. The third kappa shape index (κ3) is 2.73. The minimum atomic E-state index is -1.17. The number of amides is 1. The second kappa shape index (κ2) is 5.21. The van der Waals surface area contributed by atoms with Gasteiger partial charge < -0.3 is 15.5 Å². The molecule has 6 heteroatoms. The van der Waals surface area contributed by atoms with Gasteiger partial charge in [0.05, 0.1) is 4.47 Å². The Labute approximate surface area is 118 Å². The standard InChI is InChI=1S/C13H14BrNO4/c14-9-4-3-8(7-10(9)16)11(17)15-13(12(18)19)5-1-2-6-13/h3-4,7,16H,1-2,5-6H2,(H,15,17)(H,18,19). The number of carbonyl (C=O) groups is 2. The Morgan fingerprint density at radius 1 is 1.26 bits per heavy atom. The number of carboxylic acids is 1. The van der Waals surface area contributed by atoms with Crippen LogP contribution in [0.5, 0.6) is 5.75 Å². The Morgan fingerprint density at radius 3 is 2.42 bits per heavy atom. The van der Waals surface area contributed by atoms with Crippen LogP contribution < -0.4 is 5.32 Å². The predicted molar refractivity (Wildman–Crippen MR) is 72.1 cm³/mol. The molecule has 1 fully saturated rings. The number of carboxylic acid groups (broad SMARTS) is 1. The minimum absolute atomic E-state index is 0.0524. The van der Waals surface area contributed by atoms with Crippen molar-refractivity contribution in [3.8, 4) is 5.75 Å². The number of rotatable bonds is 3. The van der Waals surface area contributed by atoms with Gasteiger partial charge in [-0.15, -0.1) is 0 Å². The van der Waals surface area contributed by atoms with Gasteiger partial charge >= 0.3 is 5.97 Å². The van der Waals surface area contributed by atoms with Crippen LogP contribution in [-0.4, -0.2) is 27.6 Å². The smallest absolute Gasteiger partial charge is 0.329 e. The van der Waals surface area contributed by atoms with Gasteiger partial charge in [0.15, 0.2) is 0 Å². The molecule has 1 aliphatic rings. The normalized spacial score (nSPS) is 17.1. The van der Waals surface area contributed by atoms with Gasteiger partial charge in [0.25, 0.3) is 5.91 Å². The van der Waals surface area contributed by atoms with E-state index in [2.05, 4.69) is 21.2 Å². The van der Waals surface area contributed by atoms with Crippen molar-refractivity contribution in [3.05, 3.63) is 28.2 Å². The van der Waals surface area contributed by atoms with Crippen molar-refractivity contribution < 1.29 is 19.8 Å². The Hall–Kier alpha value is -1.56. The van der Waals surface area contributed by atoms with E-state index in [4.69, 9.17) is 0 Å². The highest BCUT2D eigenvalue weighted by atomic mass is 79.9. The Balaban J connectivity index is 2.20. The predicted octanol–water partition coefficient (Wildman–Crippen LogP) is 2.28. The third-order valence-electron chi connectivity index (χ3n) is 3.43. The molecule has 0 aromatic heterocycles. The highest BCUT2D eigenvalue weighted by molar-refractivity contribution is 9.10. The molecule has 1 aromatic carbocycles. The lowest BCUT2D eigenvalue weighted by Gasteiger charge is -2.25. The van der Waals surface area contributed by atoms with Crippen LogP contribution in [0.25, 0.3) is 0 Å². The first-order valence-electron chi connectivity index (χ1n) is 5.99. The lowest BCUT2D eigenvalue weighted by molar-refractivity contribution is -0.144. The number of aromatic hydroxyl groups is 1. The molecule has 0 heterocycles. The maximum Gasteiger partial charge on any atom is 0.329 e. The SMILES string of the molecule is O=C(NC1(C(=O)O)CCCC1)c1ccc(Br)c(O)c1. The summed E-state index contributed by atoms with van der Waals surface area (Å²) in [6.45, 7) is 0. The minimum Gasteiger partial charge on any atom is -0.507 e. The fourth-order valence-corrected chi connectivity index (χ4v) is 2.56. The number of hydrogen-bond donors (Lipinski definition) is 3. The second-order valence-electron chi connectivity index (χ2n) is 4.71. The Bertz CT molecular complexity index is 523. The van der Waals surface area contributed by atoms with Crippen LogP contribution in [0.4, 0.5) is 0 Å². The molecule has 5 nitrogen and oxygen atoms in total. The Kier molecular flexibility index (Phi) is 3.80. The van der Waals surface area contributed by atoms with Gasteiger partial charge in [0.1, 0.15) is 11.3 Å². The topological polar surface area (TPSA) is 86.6 Å². The molecule has 1 aliphatic carbocycles. The van der Waals surface area contributed by atoms with Crippen molar-refractivity contribution in [2.75, 3.05) is 0 Å². The maximum atomic E-state index is 12.1. The molecular formula is C13H14BrNO4. The van der Waals surface area contributed by atoms with Crippen molar-refractivity contribution in [3.63, 3.8) is 0 Å². The first-order valence-corrected chi connectivity index (χ1v) is 6.78. The van der Waals surface area contributed by atoms with E-state index in [9.17, 15) is 19.8 Å². The number of phenolic OH excluding ortho intramolecular Hbond substituents is 1. The molecule has 0 unspecified atom stereocenters.